The highest BCUT2D eigenvalue weighted by atomic mass is 19.1. The van der Waals surface area contributed by atoms with Crippen LogP contribution in [0.4, 0.5) is 10.2 Å². The molecule has 1 aliphatic heterocycles. The summed E-state index contributed by atoms with van der Waals surface area (Å²) in [6.07, 6.45) is 1.97. The highest BCUT2D eigenvalue weighted by Crippen LogP contribution is 2.39. The maximum atomic E-state index is 14.8. The van der Waals surface area contributed by atoms with Crippen molar-refractivity contribution in [2.24, 2.45) is 5.92 Å². The number of anilines is 1. The average Bonchev–Trinajstić information content (AvgIpc) is 3.16. The van der Waals surface area contributed by atoms with Gasteiger partial charge in [-0.1, -0.05) is 6.92 Å². The quantitative estimate of drug-likeness (QED) is 0.756. The summed E-state index contributed by atoms with van der Waals surface area (Å²) in [5, 5.41) is 7.34. The Morgan fingerprint density at radius 3 is 3.26 bits per heavy atom. The van der Waals surface area contributed by atoms with Crippen molar-refractivity contribution in [3.63, 3.8) is 0 Å². The molecule has 7 nitrogen and oxygen atoms in total. The predicted octanol–water partition coefficient (Wildman–Crippen LogP) is 1.90. The van der Waals surface area contributed by atoms with Crippen molar-refractivity contribution in [1.82, 2.24) is 19.5 Å². The van der Waals surface area contributed by atoms with Crippen molar-refractivity contribution >= 4 is 17.0 Å². The van der Waals surface area contributed by atoms with E-state index in [4.69, 9.17) is 7.54 Å². The lowest BCUT2D eigenvalue weighted by molar-refractivity contribution is -0.0223. The summed E-state index contributed by atoms with van der Waals surface area (Å²) in [5.41, 5.74) is 1.03. The first-order chi connectivity index (χ1) is 12.2. The summed E-state index contributed by atoms with van der Waals surface area (Å²) >= 11 is 0. The van der Waals surface area contributed by atoms with Crippen LogP contribution >= 0.6 is 0 Å². The number of nitrogens with zero attached hydrogens (tertiary/aromatic N) is 4. The van der Waals surface area contributed by atoms with Crippen LogP contribution in [-0.2, 0) is 4.74 Å². The fraction of sp³-hybridized carbons (Fsp3) is 0.667. The Labute approximate surface area is 136 Å². The third-order valence-corrected chi connectivity index (χ3v) is 4.23. The molecule has 0 spiro atoms. The van der Waals surface area contributed by atoms with E-state index in [1.807, 2.05) is 6.92 Å². The molecule has 3 heterocycles. The molecule has 0 bridgehead atoms. The van der Waals surface area contributed by atoms with Crippen LogP contribution in [0, 0.1) is 5.92 Å². The number of fused-ring (bicyclic) bond motifs is 1. The van der Waals surface area contributed by atoms with Crippen LogP contribution in [-0.4, -0.2) is 51.5 Å². The SMILES string of the molecule is [3H]CCNc1ncnc2c1ncn2[C@@H]1O[C@H](CCCO[3H])[C@@H](C)[C@@H]1F. The summed E-state index contributed by atoms with van der Waals surface area (Å²) in [6, 6.07) is 0. The summed E-state index contributed by atoms with van der Waals surface area (Å²) < 4.78 is 36.3. The molecule has 126 valence electrons. The number of halogens is 1. The largest absolute Gasteiger partial charge is 0.396 e. The molecule has 8 heteroatoms. The zero-order valence-corrected chi connectivity index (χ0v) is 13.0. The number of alkyl halides is 1. The van der Waals surface area contributed by atoms with Crippen molar-refractivity contribution in [2.45, 2.75) is 45.2 Å². The number of hydrogen-bond acceptors (Lipinski definition) is 6. The highest BCUT2D eigenvalue weighted by Gasteiger charge is 2.43. The molecular formula is C15H22FN5O2. The molecule has 2 N–H and O–H groups in total. The zero-order chi connectivity index (χ0) is 17.8. The Kier molecular flexibility index (Phi) is 4.00. The van der Waals surface area contributed by atoms with Gasteiger partial charge in [0.25, 0.3) is 0 Å². The van der Waals surface area contributed by atoms with Gasteiger partial charge in [0.15, 0.2) is 29.4 Å². The smallest absolute Gasteiger partial charge is 0.210 e. The van der Waals surface area contributed by atoms with Gasteiger partial charge in [-0.15, -0.1) is 0 Å². The molecule has 1 aliphatic rings. The molecule has 23 heavy (non-hydrogen) atoms. The van der Waals surface area contributed by atoms with Crippen molar-refractivity contribution in [3.05, 3.63) is 12.7 Å². The van der Waals surface area contributed by atoms with E-state index in [1.165, 1.54) is 12.7 Å². The van der Waals surface area contributed by atoms with Gasteiger partial charge >= 0.3 is 0 Å². The van der Waals surface area contributed by atoms with Crippen LogP contribution in [0.3, 0.4) is 0 Å². The second kappa shape index (κ2) is 6.76. The molecule has 2 aromatic rings. The normalized spacial score (nSPS) is 28.8. The molecule has 2 aromatic heterocycles. The molecule has 0 radical (unpaired) electrons. The standard InChI is InChI=1S/C15H22FN5O2/c1-3-17-13-12-14(19-7-18-13)21(8-20-12)15-11(16)9(2)10(23-15)5-4-6-22/h7-11,15,22H,3-6H2,1-2H3,(H,17,18,19)/t9-,10-,11+,15-/m1/s1/i1T,22T. The lowest BCUT2D eigenvalue weighted by atomic mass is 9.98. The van der Waals surface area contributed by atoms with Gasteiger partial charge in [-0.3, -0.25) is 4.57 Å². The van der Waals surface area contributed by atoms with E-state index in [-0.39, 0.29) is 18.9 Å². The first-order valence-corrected chi connectivity index (χ1v) is 7.75. The number of aliphatic hydroxyl groups is 1. The number of ether oxygens (including phenoxy) is 1. The van der Waals surface area contributed by atoms with Crippen LogP contribution in [0.1, 0.15) is 34.3 Å². The van der Waals surface area contributed by atoms with Crippen molar-refractivity contribution in [1.29, 1.82) is 1.43 Å². The molecule has 0 saturated carbocycles. The number of aromatic nitrogens is 4. The summed E-state index contributed by atoms with van der Waals surface area (Å²) in [6.45, 7) is 2.79. The third kappa shape index (κ3) is 2.88. The van der Waals surface area contributed by atoms with E-state index < -0.39 is 12.4 Å². The summed E-state index contributed by atoms with van der Waals surface area (Å²) in [5.74, 6) is 0.262. The fourth-order valence-corrected chi connectivity index (χ4v) is 2.96. The van der Waals surface area contributed by atoms with Crippen molar-refractivity contribution in [2.75, 3.05) is 18.5 Å². The fourth-order valence-electron chi connectivity index (χ4n) is 2.96. The van der Waals surface area contributed by atoms with Gasteiger partial charge in [0, 0.05) is 20.4 Å². The Bertz CT molecular complexity index is 704. The van der Waals surface area contributed by atoms with E-state index in [9.17, 15) is 4.39 Å². The van der Waals surface area contributed by atoms with Gasteiger partial charge in [-0.2, -0.15) is 0 Å². The molecule has 3 rings (SSSR count). The molecule has 0 aliphatic carbocycles. The molecule has 0 unspecified atom stereocenters. The van der Waals surface area contributed by atoms with Crippen molar-refractivity contribution in [3.8, 4) is 0 Å². The summed E-state index contributed by atoms with van der Waals surface area (Å²) in [4.78, 5) is 12.7. The minimum atomic E-state index is -1.18. The monoisotopic (exact) mass is 327 g/mol. The maximum absolute atomic E-state index is 14.8. The number of nitrogens with one attached hydrogen (secondary N) is 1. The third-order valence-electron chi connectivity index (χ3n) is 4.23. The Balaban J connectivity index is 1.81. The number of rotatable bonds is 7. The first kappa shape index (κ1) is 13.6. The minimum absolute atomic E-state index is 0.214. The van der Waals surface area contributed by atoms with Crippen LogP contribution in [0.5, 0.6) is 0 Å². The number of hydrogen-bond donors (Lipinski definition) is 2. The van der Waals surface area contributed by atoms with Crippen LogP contribution in [0.15, 0.2) is 12.7 Å². The molecule has 1 saturated heterocycles. The van der Waals surface area contributed by atoms with Gasteiger partial charge in [0.1, 0.15) is 6.33 Å². The minimum Gasteiger partial charge on any atom is -0.396 e. The summed E-state index contributed by atoms with van der Waals surface area (Å²) in [7, 11) is 0. The molecule has 4 atom stereocenters. The molecule has 1 fully saturated rings. The van der Waals surface area contributed by atoms with E-state index in [0.29, 0.717) is 43.0 Å². The van der Waals surface area contributed by atoms with Gasteiger partial charge in [-0.05, 0) is 19.7 Å². The van der Waals surface area contributed by atoms with Crippen LogP contribution < -0.4 is 5.32 Å². The Morgan fingerprint density at radius 2 is 2.43 bits per heavy atom. The molecular weight excluding hydrogens is 301 g/mol. The van der Waals surface area contributed by atoms with Crippen LogP contribution in [0.25, 0.3) is 11.2 Å². The maximum Gasteiger partial charge on any atom is 0.210 e. The number of imidazole rings is 1. The highest BCUT2D eigenvalue weighted by molar-refractivity contribution is 5.82. The Hall–Kier alpha value is -1.80. The lowest BCUT2D eigenvalue weighted by Crippen LogP contribution is -2.20. The van der Waals surface area contributed by atoms with Gasteiger partial charge < -0.3 is 15.2 Å². The molecule has 0 amide bonds. The second-order valence-corrected chi connectivity index (χ2v) is 5.69. The van der Waals surface area contributed by atoms with E-state index >= 15 is 0 Å². The van der Waals surface area contributed by atoms with Crippen LogP contribution in [0.2, 0.25) is 0 Å². The van der Waals surface area contributed by atoms with E-state index in [2.05, 4.69) is 25.4 Å². The number of aliphatic hydroxyl groups excluding tert-OH is 1. The second-order valence-electron chi connectivity index (χ2n) is 5.69. The lowest BCUT2D eigenvalue weighted by Gasteiger charge is -2.16. The predicted molar refractivity (Wildman–Crippen MR) is 83.8 cm³/mol. The van der Waals surface area contributed by atoms with E-state index in [0.717, 1.165) is 0 Å². The van der Waals surface area contributed by atoms with Gasteiger partial charge in [0.2, 0.25) is 1.43 Å². The average molecular weight is 327 g/mol. The van der Waals surface area contributed by atoms with E-state index in [1.54, 1.807) is 4.57 Å². The van der Waals surface area contributed by atoms with Gasteiger partial charge in [0.05, 0.1) is 12.4 Å². The Morgan fingerprint density at radius 1 is 1.52 bits per heavy atom. The topological polar surface area (TPSA) is 85.1 Å². The van der Waals surface area contributed by atoms with Gasteiger partial charge in [-0.25, -0.2) is 19.3 Å². The van der Waals surface area contributed by atoms with Crippen molar-refractivity contribution < 1.29 is 15.6 Å². The molecule has 0 aromatic carbocycles. The zero-order valence-electron chi connectivity index (χ0n) is 15.0. The first-order valence-electron chi connectivity index (χ1n) is 8.87.